The fourth-order valence-electron chi connectivity index (χ4n) is 1.61. The lowest BCUT2D eigenvalue weighted by Gasteiger charge is -2.05. The standard InChI is InChI=1S/C11H10N2O3/c1-2-13-10(14)8-6-4-3-5-7(8)9(12-13)11(15)16/h3-6H,2H2,1H3,(H,15,16). The third-order valence-corrected chi connectivity index (χ3v) is 2.37. The highest BCUT2D eigenvalue weighted by molar-refractivity contribution is 6.01. The van der Waals surface area contributed by atoms with E-state index in [1.165, 1.54) is 0 Å². The van der Waals surface area contributed by atoms with E-state index >= 15 is 0 Å². The van der Waals surface area contributed by atoms with Crippen molar-refractivity contribution >= 4 is 16.7 Å². The van der Waals surface area contributed by atoms with E-state index in [2.05, 4.69) is 5.10 Å². The molecule has 1 heterocycles. The Hall–Kier alpha value is -2.17. The second kappa shape index (κ2) is 3.77. The Morgan fingerprint density at radius 2 is 2.00 bits per heavy atom. The number of hydrogen-bond donors (Lipinski definition) is 1. The van der Waals surface area contributed by atoms with E-state index in [9.17, 15) is 9.59 Å². The number of aromatic nitrogens is 2. The summed E-state index contributed by atoms with van der Waals surface area (Å²) in [5, 5.41) is 13.6. The first kappa shape index (κ1) is 10.4. The summed E-state index contributed by atoms with van der Waals surface area (Å²) >= 11 is 0. The van der Waals surface area contributed by atoms with E-state index in [1.807, 2.05) is 0 Å². The highest BCUT2D eigenvalue weighted by Gasteiger charge is 2.14. The van der Waals surface area contributed by atoms with Gasteiger partial charge < -0.3 is 5.11 Å². The van der Waals surface area contributed by atoms with Gasteiger partial charge in [-0.3, -0.25) is 4.79 Å². The SMILES string of the molecule is CCn1nc(C(=O)O)c2ccccc2c1=O. The summed E-state index contributed by atoms with van der Waals surface area (Å²) in [6, 6.07) is 6.59. The van der Waals surface area contributed by atoms with Crippen molar-refractivity contribution in [1.82, 2.24) is 9.78 Å². The van der Waals surface area contributed by atoms with E-state index < -0.39 is 5.97 Å². The lowest BCUT2D eigenvalue weighted by Crippen LogP contribution is -2.25. The smallest absolute Gasteiger partial charge is 0.357 e. The summed E-state index contributed by atoms with van der Waals surface area (Å²) in [6.45, 7) is 2.10. The summed E-state index contributed by atoms with van der Waals surface area (Å²) in [5.74, 6) is -1.13. The fraction of sp³-hybridized carbons (Fsp3) is 0.182. The maximum Gasteiger partial charge on any atom is 0.357 e. The van der Waals surface area contributed by atoms with Gasteiger partial charge in [0.25, 0.3) is 5.56 Å². The molecule has 1 N–H and O–H groups in total. The van der Waals surface area contributed by atoms with Gasteiger partial charge in [-0.05, 0) is 13.0 Å². The highest BCUT2D eigenvalue weighted by atomic mass is 16.4. The molecule has 0 fully saturated rings. The van der Waals surface area contributed by atoms with Crippen molar-refractivity contribution in [2.75, 3.05) is 0 Å². The largest absolute Gasteiger partial charge is 0.476 e. The van der Waals surface area contributed by atoms with Crippen molar-refractivity contribution in [1.29, 1.82) is 0 Å². The van der Waals surface area contributed by atoms with Crippen molar-refractivity contribution in [3.8, 4) is 0 Å². The number of benzene rings is 1. The zero-order chi connectivity index (χ0) is 11.7. The Labute approximate surface area is 90.9 Å². The van der Waals surface area contributed by atoms with Crippen LogP contribution in [0.4, 0.5) is 0 Å². The number of aryl methyl sites for hydroxylation is 1. The van der Waals surface area contributed by atoms with E-state index in [1.54, 1.807) is 31.2 Å². The predicted molar refractivity (Wildman–Crippen MR) is 58.6 cm³/mol. The van der Waals surface area contributed by atoms with Crippen LogP contribution in [-0.2, 0) is 6.54 Å². The average Bonchev–Trinajstić information content (AvgIpc) is 2.29. The molecule has 0 saturated carbocycles. The van der Waals surface area contributed by atoms with Crippen LogP contribution >= 0.6 is 0 Å². The van der Waals surface area contributed by atoms with Crippen molar-refractivity contribution in [2.45, 2.75) is 13.5 Å². The maximum absolute atomic E-state index is 11.8. The van der Waals surface area contributed by atoms with E-state index in [4.69, 9.17) is 5.11 Å². The van der Waals surface area contributed by atoms with E-state index in [0.717, 1.165) is 4.68 Å². The third kappa shape index (κ3) is 1.46. The minimum absolute atomic E-state index is 0.0861. The maximum atomic E-state index is 11.8. The lowest BCUT2D eigenvalue weighted by molar-refractivity contribution is 0.0690. The molecule has 82 valence electrons. The second-order valence-corrected chi connectivity index (χ2v) is 3.32. The topological polar surface area (TPSA) is 72.2 Å². The fourth-order valence-corrected chi connectivity index (χ4v) is 1.61. The molecule has 0 aliphatic heterocycles. The number of rotatable bonds is 2. The Bertz CT molecular complexity index is 616. The zero-order valence-corrected chi connectivity index (χ0v) is 8.67. The summed E-state index contributed by atoms with van der Waals surface area (Å²) < 4.78 is 1.16. The van der Waals surface area contributed by atoms with Gasteiger partial charge in [0, 0.05) is 11.9 Å². The van der Waals surface area contributed by atoms with Crippen LogP contribution in [0.5, 0.6) is 0 Å². The Balaban J connectivity index is 2.96. The number of fused-ring (bicyclic) bond motifs is 1. The molecular formula is C11H10N2O3. The summed E-state index contributed by atoms with van der Waals surface area (Å²) in [7, 11) is 0. The molecule has 0 saturated heterocycles. The average molecular weight is 218 g/mol. The zero-order valence-electron chi connectivity index (χ0n) is 8.67. The molecule has 16 heavy (non-hydrogen) atoms. The van der Waals surface area contributed by atoms with Gasteiger partial charge in [0.2, 0.25) is 0 Å². The number of aromatic carboxylic acids is 1. The number of carbonyl (C=O) groups is 1. The minimum Gasteiger partial charge on any atom is -0.476 e. The lowest BCUT2D eigenvalue weighted by atomic mass is 10.1. The van der Waals surface area contributed by atoms with Gasteiger partial charge >= 0.3 is 5.97 Å². The molecule has 2 aromatic rings. The number of hydrogen-bond acceptors (Lipinski definition) is 3. The molecule has 0 unspecified atom stereocenters. The van der Waals surface area contributed by atoms with Crippen LogP contribution in [0.15, 0.2) is 29.1 Å². The molecular weight excluding hydrogens is 208 g/mol. The first-order chi connectivity index (χ1) is 7.65. The number of carboxylic acid groups (broad SMARTS) is 1. The van der Waals surface area contributed by atoms with Crippen LogP contribution in [0.1, 0.15) is 17.4 Å². The molecule has 2 rings (SSSR count). The van der Waals surface area contributed by atoms with E-state index in [-0.39, 0.29) is 11.3 Å². The second-order valence-electron chi connectivity index (χ2n) is 3.32. The molecule has 1 aromatic heterocycles. The Morgan fingerprint density at radius 3 is 2.56 bits per heavy atom. The van der Waals surface area contributed by atoms with Gasteiger partial charge in [0.05, 0.1) is 5.39 Å². The Kier molecular flexibility index (Phi) is 2.44. The highest BCUT2D eigenvalue weighted by Crippen LogP contribution is 2.12. The molecule has 0 spiro atoms. The first-order valence-electron chi connectivity index (χ1n) is 4.88. The van der Waals surface area contributed by atoms with Gasteiger partial charge in [-0.15, -0.1) is 0 Å². The molecule has 0 atom stereocenters. The molecule has 5 heteroatoms. The van der Waals surface area contributed by atoms with Crippen LogP contribution in [0.3, 0.4) is 0 Å². The predicted octanol–water partition coefficient (Wildman–Crippen LogP) is 1.11. The van der Waals surface area contributed by atoms with Crippen molar-refractivity contribution in [3.05, 3.63) is 40.3 Å². The van der Waals surface area contributed by atoms with Crippen molar-refractivity contribution in [2.24, 2.45) is 0 Å². The summed E-state index contributed by atoms with van der Waals surface area (Å²) in [5.41, 5.74) is -0.347. The van der Waals surface area contributed by atoms with Crippen LogP contribution in [-0.4, -0.2) is 20.9 Å². The Morgan fingerprint density at radius 1 is 1.38 bits per heavy atom. The molecule has 0 radical (unpaired) electrons. The minimum atomic E-state index is -1.13. The van der Waals surface area contributed by atoms with Crippen LogP contribution in [0.2, 0.25) is 0 Å². The number of nitrogens with zero attached hydrogens (tertiary/aromatic N) is 2. The normalized spacial score (nSPS) is 10.6. The summed E-state index contributed by atoms with van der Waals surface area (Å²) in [6.07, 6.45) is 0. The van der Waals surface area contributed by atoms with Gasteiger partial charge in [0.15, 0.2) is 5.69 Å². The van der Waals surface area contributed by atoms with Gasteiger partial charge in [-0.1, -0.05) is 18.2 Å². The van der Waals surface area contributed by atoms with Crippen LogP contribution in [0, 0.1) is 0 Å². The van der Waals surface area contributed by atoms with Gasteiger partial charge in [-0.25, -0.2) is 9.48 Å². The first-order valence-corrected chi connectivity index (χ1v) is 4.88. The quantitative estimate of drug-likeness (QED) is 0.819. The molecule has 1 aromatic carbocycles. The summed E-state index contributed by atoms with van der Waals surface area (Å²) in [4.78, 5) is 22.9. The molecule has 5 nitrogen and oxygen atoms in total. The van der Waals surface area contributed by atoms with Gasteiger partial charge in [-0.2, -0.15) is 5.10 Å². The van der Waals surface area contributed by atoms with Crippen molar-refractivity contribution in [3.63, 3.8) is 0 Å². The van der Waals surface area contributed by atoms with Crippen LogP contribution in [0.25, 0.3) is 10.8 Å². The molecule has 0 amide bonds. The molecule has 0 aliphatic carbocycles. The number of carboxylic acids is 1. The van der Waals surface area contributed by atoms with E-state index in [0.29, 0.717) is 17.3 Å². The van der Waals surface area contributed by atoms with Gasteiger partial charge in [0.1, 0.15) is 0 Å². The third-order valence-electron chi connectivity index (χ3n) is 2.37. The molecule has 0 bridgehead atoms. The monoisotopic (exact) mass is 218 g/mol. The van der Waals surface area contributed by atoms with Crippen molar-refractivity contribution < 1.29 is 9.90 Å². The van der Waals surface area contributed by atoms with Crippen LogP contribution < -0.4 is 5.56 Å². The molecule has 0 aliphatic rings.